The number of amides is 2. The molecule has 7 nitrogen and oxygen atoms in total. The van der Waals surface area contributed by atoms with Gasteiger partial charge in [-0.05, 0) is 36.8 Å². The van der Waals surface area contributed by atoms with Gasteiger partial charge < -0.3 is 14.8 Å². The third-order valence-electron chi connectivity index (χ3n) is 5.58. The van der Waals surface area contributed by atoms with E-state index in [-0.39, 0.29) is 19.1 Å². The Kier molecular flexibility index (Phi) is 5.53. The number of benzene rings is 2. The molecule has 1 fully saturated rings. The summed E-state index contributed by atoms with van der Waals surface area (Å²) >= 11 is 0. The Balaban J connectivity index is 1.36. The van der Waals surface area contributed by atoms with Crippen LogP contribution in [0.25, 0.3) is 10.9 Å². The number of hydrogen-bond acceptors (Lipinski definition) is 3. The fourth-order valence-corrected chi connectivity index (χ4v) is 5.15. The van der Waals surface area contributed by atoms with Crippen molar-refractivity contribution in [2.24, 2.45) is 7.05 Å². The molecule has 1 saturated heterocycles. The number of aryl methyl sites for hydroxylation is 2. The molecule has 0 saturated carbocycles. The highest BCUT2D eigenvalue weighted by molar-refractivity contribution is 7.89. The molecule has 1 N–H and O–H groups in total. The van der Waals surface area contributed by atoms with Crippen molar-refractivity contribution in [2.45, 2.75) is 18.4 Å². The van der Waals surface area contributed by atoms with E-state index in [9.17, 15) is 13.2 Å². The lowest BCUT2D eigenvalue weighted by molar-refractivity contribution is 0.172. The fourth-order valence-electron chi connectivity index (χ4n) is 3.70. The molecule has 30 heavy (non-hydrogen) atoms. The van der Waals surface area contributed by atoms with Crippen molar-refractivity contribution in [3.63, 3.8) is 0 Å². The highest BCUT2D eigenvalue weighted by Crippen LogP contribution is 2.23. The summed E-state index contributed by atoms with van der Waals surface area (Å²) in [5.74, 6) is 0. The summed E-state index contributed by atoms with van der Waals surface area (Å²) in [6, 6.07) is 14.9. The summed E-state index contributed by atoms with van der Waals surface area (Å²) in [6.45, 7) is 3.78. The highest BCUT2D eigenvalue weighted by atomic mass is 32.2. The maximum Gasteiger partial charge on any atom is 0.317 e. The molecule has 1 aliphatic heterocycles. The molecule has 3 aromatic rings. The lowest BCUT2D eigenvalue weighted by Crippen LogP contribution is -2.52. The normalized spacial score (nSPS) is 15.5. The number of hydrogen-bond donors (Lipinski definition) is 1. The number of rotatable bonds is 4. The summed E-state index contributed by atoms with van der Waals surface area (Å²) in [6.07, 6.45) is 1.91. The van der Waals surface area contributed by atoms with Crippen molar-refractivity contribution in [2.75, 3.05) is 26.2 Å². The predicted octanol–water partition coefficient (Wildman–Crippen LogP) is 2.70. The summed E-state index contributed by atoms with van der Waals surface area (Å²) in [5.41, 5.74) is 3.20. The molecular weight excluding hydrogens is 400 g/mol. The largest absolute Gasteiger partial charge is 0.351 e. The Morgan fingerprint density at radius 1 is 1.00 bits per heavy atom. The van der Waals surface area contributed by atoms with Crippen LogP contribution >= 0.6 is 0 Å². The van der Waals surface area contributed by atoms with E-state index >= 15 is 0 Å². The number of carbonyl (C=O) groups is 1. The lowest BCUT2D eigenvalue weighted by atomic mass is 10.1. The quantitative estimate of drug-likeness (QED) is 0.697. The predicted molar refractivity (Wildman–Crippen MR) is 117 cm³/mol. The van der Waals surface area contributed by atoms with E-state index < -0.39 is 10.0 Å². The first-order valence-corrected chi connectivity index (χ1v) is 11.4. The summed E-state index contributed by atoms with van der Waals surface area (Å²) in [4.78, 5) is 14.4. The third-order valence-corrected chi connectivity index (χ3v) is 7.48. The van der Waals surface area contributed by atoms with Crippen LogP contribution in [-0.2, 0) is 23.6 Å². The zero-order valence-corrected chi connectivity index (χ0v) is 18.0. The summed E-state index contributed by atoms with van der Waals surface area (Å²) in [5, 5.41) is 3.81. The Morgan fingerprint density at radius 2 is 1.70 bits per heavy atom. The van der Waals surface area contributed by atoms with Crippen molar-refractivity contribution in [1.82, 2.24) is 19.1 Å². The Morgan fingerprint density at radius 3 is 2.40 bits per heavy atom. The van der Waals surface area contributed by atoms with E-state index in [1.165, 1.54) is 9.87 Å². The molecule has 0 radical (unpaired) electrons. The molecule has 2 aromatic carbocycles. The van der Waals surface area contributed by atoms with Crippen LogP contribution in [0.4, 0.5) is 4.79 Å². The van der Waals surface area contributed by atoms with Gasteiger partial charge in [0.2, 0.25) is 10.0 Å². The fraction of sp³-hybridized carbons (Fsp3) is 0.318. The molecule has 0 unspecified atom stereocenters. The van der Waals surface area contributed by atoms with E-state index in [1.54, 1.807) is 17.0 Å². The topological polar surface area (TPSA) is 74.7 Å². The minimum Gasteiger partial charge on any atom is -0.351 e. The minimum absolute atomic E-state index is 0.168. The first kappa shape index (κ1) is 20.4. The van der Waals surface area contributed by atoms with E-state index in [1.807, 2.05) is 61.1 Å². The Labute approximate surface area is 176 Å². The van der Waals surface area contributed by atoms with Gasteiger partial charge in [0, 0.05) is 56.9 Å². The molecule has 0 bridgehead atoms. The van der Waals surface area contributed by atoms with Crippen LogP contribution in [0.15, 0.2) is 59.6 Å². The van der Waals surface area contributed by atoms with Crippen molar-refractivity contribution in [3.8, 4) is 0 Å². The van der Waals surface area contributed by atoms with Gasteiger partial charge in [0.05, 0.1) is 4.90 Å². The molecule has 2 amide bonds. The van der Waals surface area contributed by atoms with Crippen molar-refractivity contribution >= 4 is 27.0 Å². The van der Waals surface area contributed by atoms with E-state index in [4.69, 9.17) is 0 Å². The monoisotopic (exact) mass is 426 g/mol. The van der Waals surface area contributed by atoms with Crippen LogP contribution in [0.1, 0.15) is 11.1 Å². The van der Waals surface area contributed by atoms with Gasteiger partial charge in [0.15, 0.2) is 0 Å². The second kappa shape index (κ2) is 8.12. The van der Waals surface area contributed by atoms with Crippen LogP contribution in [0, 0.1) is 6.92 Å². The second-order valence-electron chi connectivity index (χ2n) is 7.68. The van der Waals surface area contributed by atoms with Gasteiger partial charge in [-0.2, -0.15) is 4.31 Å². The van der Waals surface area contributed by atoms with Crippen LogP contribution < -0.4 is 5.32 Å². The molecule has 0 atom stereocenters. The molecule has 0 spiro atoms. The molecule has 2 heterocycles. The zero-order valence-electron chi connectivity index (χ0n) is 17.2. The van der Waals surface area contributed by atoms with Crippen LogP contribution in [0.2, 0.25) is 0 Å². The van der Waals surface area contributed by atoms with E-state index in [0.717, 1.165) is 16.5 Å². The maximum atomic E-state index is 13.1. The average Bonchev–Trinajstić information content (AvgIpc) is 3.13. The van der Waals surface area contributed by atoms with Crippen LogP contribution in [0.3, 0.4) is 0 Å². The maximum absolute atomic E-state index is 13.1. The number of aromatic nitrogens is 1. The van der Waals surface area contributed by atoms with Gasteiger partial charge in [-0.1, -0.05) is 29.8 Å². The molecule has 0 aliphatic carbocycles. The molecule has 4 rings (SSSR count). The summed E-state index contributed by atoms with van der Waals surface area (Å²) < 4.78 is 29.5. The highest BCUT2D eigenvalue weighted by Gasteiger charge is 2.30. The van der Waals surface area contributed by atoms with Crippen LogP contribution in [-0.4, -0.2) is 54.4 Å². The smallest absolute Gasteiger partial charge is 0.317 e. The Hall–Kier alpha value is -2.84. The first-order chi connectivity index (χ1) is 14.3. The molecular formula is C22H26N4O3S. The number of urea groups is 1. The number of nitrogens with zero attached hydrogens (tertiary/aromatic N) is 3. The second-order valence-corrected chi connectivity index (χ2v) is 9.62. The third kappa shape index (κ3) is 4.06. The SMILES string of the molecule is Cc1ccc(CNC(=O)N2CCN(S(=O)(=O)c3ccc4c(ccn4C)c3)CC2)cc1. The number of fused-ring (bicyclic) bond motifs is 1. The number of piperazine rings is 1. The molecule has 158 valence electrons. The van der Waals surface area contributed by atoms with E-state index in [2.05, 4.69) is 5.32 Å². The number of carbonyl (C=O) groups excluding carboxylic acids is 1. The van der Waals surface area contributed by atoms with Gasteiger partial charge in [-0.25, -0.2) is 13.2 Å². The summed E-state index contributed by atoms with van der Waals surface area (Å²) in [7, 11) is -1.66. The lowest BCUT2D eigenvalue weighted by Gasteiger charge is -2.34. The number of sulfonamides is 1. The minimum atomic E-state index is -3.59. The average molecular weight is 427 g/mol. The van der Waals surface area contributed by atoms with Gasteiger partial charge in [-0.15, -0.1) is 0 Å². The zero-order chi connectivity index (χ0) is 21.3. The number of nitrogens with one attached hydrogen (secondary N) is 1. The van der Waals surface area contributed by atoms with Gasteiger partial charge >= 0.3 is 6.03 Å². The molecule has 8 heteroatoms. The van der Waals surface area contributed by atoms with Crippen LogP contribution in [0.5, 0.6) is 0 Å². The Bertz CT molecular complexity index is 1160. The first-order valence-electron chi connectivity index (χ1n) is 9.98. The van der Waals surface area contributed by atoms with Gasteiger partial charge in [0.25, 0.3) is 0 Å². The van der Waals surface area contributed by atoms with Crippen molar-refractivity contribution in [1.29, 1.82) is 0 Å². The molecule has 1 aliphatic rings. The van der Waals surface area contributed by atoms with Gasteiger partial charge in [0.1, 0.15) is 0 Å². The van der Waals surface area contributed by atoms with Gasteiger partial charge in [-0.3, -0.25) is 0 Å². The molecule has 1 aromatic heterocycles. The standard InChI is InChI=1S/C22H26N4O3S/c1-17-3-5-18(6-4-17)16-23-22(27)25-11-13-26(14-12-25)30(28,29)20-7-8-21-19(15-20)9-10-24(21)2/h3-10,15H,11-14,16H2,1-2H3,(H,23,27). The van der Waals surface area contributed by atoms with E-state index in [0.29, 0.717) is 24.5 Å². The van der Waals surface area contributed by atoms with Crippen molar-refractivity contribution in [3.05, 3.63) is 65.9 Å². The van der Waals surface area contributed by atoms with Crippen molar-refractivity contribution < 1.29 is 13.2 Å².